The molecule has 0 rings (SSSR count). The van der Waals surface area contributed by atoms with Gasteiger partial charge in [-0.25, -0.2) is 0 Å². The second-order valence-electron chi connectivity index (χ2n) is 9.59. The highest BCUT2D eigenvalue weighted by Crippen LogP contribution is 2.18. The van der Waals surface area contributed by atoms with E-state index < -0.39 is 0 Å². The van der Waals surface area contributed by atoms with Crippen LogP contribution in [-0.2, 0) is 0 Å². The van der Waals surface area contributed by atoms with Crippen LogP contribution in [0, 0.1) is 0 Å². The molecule has 3 heteroatoms. The summed E-state index contributed by atoms with van der Waals surface area (Å²) in [5, 5.41) is 9.87. The van der Waals surface area contributed by atoms with Crippen LogP contribution in [0.15, 0.2) is 12.7 Å². The lowest BCUT2D eigenvalue weighted by molar-refractivity contribution is -0.904. The molecule has 0 aliphatic rings. The van der Waals surface area contributed by atoms with Crippen molar-refractivity contribution in [1.29, 1.82) is 0 Å². The van der Waals surface area contributed by atoms with E-state index in [-0.39, 0.29) is 11.5 Å². The quantitative estimate of drug-likeness (QED) is 0.0801. The minimum absolute atomic E-state index is 0.227. The number of quaternary nitrogens is 1. The summed E-state index contributed by atoms with van der Waals surface area (Å²) in [6.45, 7) is 11.1. The molecule has 3 atom stereocenters. The molecule has 2 nitrogen and oxygen atoms in total. The van der Waals surface area contributed by atoms with Crippen molar-refractivity contribution in [2.24, 2.45) is 0 Å². The third-order valence-electron chi connectivity index (χ3n) is 6.26. The largest absolute Gasteiger partial charge is 0.393 e. The molecule has 0 radical (unpaired) electrons. The topological polar surface area (TPSA) is 20.2 Å². The molecule has 0 aliphatic heterocycles. The number of halogens is 1. The molecule has 0 aromatic rings. The fraction of sp³-hybridized carbons (Fsp3) is 0.923. The number of aliphatic hydroxyl groups excluding tert-OH is 1. The molecular formula is C26H53ClNO+. The number of likely N-dealkylation sites (N-methyl/N-ethyl adjacent to an activating group) is 1. The molecule has 0 aromatic carbocycles. The fourth-order valence-corrected chi connectivity index (χ4v) is 4.34. The number of hydrogen-bond acceptors (Lipinski definition) is 1. The molecule has 3 unspecified atom stereocenters. The SMILES string of the molecule is C=CC[N+](C)(CCC(C)O)CCC(Cl)CCCCCCCCCCCCCCC. The van der Waals surface area contributed by atoms with E-state index in [9.17, 15) is 5.11 Å². The van der Waals surface area contributed by atoms with E-state index in [1.807, 2.05) is 13.0 Å². The zero-order chi connectivity index (χ0) is 21.8. The van der Waals surface area contributed by atoms with Crippen LogP contribution in [0.5, 0.6) is 0 Å². The Bertz CT molecular complexity index is 361. The lowest BCUT2D eigenvalue weighted by atomic mass is 10.0. The van der Waals surface area contributed by atoms with Crippen molar-refractivity contribution < 1.29 is 9.59 Å². The molecule has 0 aliphatic carbocycles. The molecule has 0 bridgehead atoms. The van der Waals surface area contributed by atoms with E-state index in [1.54, 1.807) is 0 Å². The monoisotopic (exact) mass is 430 g/mol. The van der Waals surface area contributed by atoms with Crippen molar-refractivity contribution in [3.05, 3.63) is 12.7 Å². The maximum absolute atomic E-state index is 9.59. The van der Waals surface area contributed by atoms with Crippen LogP contribution < -0.4 is 0 Å². The molecule has 0 amide bonds. The molecule has 0 spiro atoms. The van der Waals surface area contributed by atoms with Crippen molar-refractivity contribution in [1.82, 2.24) is 0 Å². The first-order chi connectivity index (χ1) is 13.9. The van der Waals surface area contributed by atoms with Gasteiger partial charge in [0.25, 0.3) is 0 Å². The Morgan fingerprint density at radius 2 is 1.24 bits per heavy atom. The van der Waals surface area contributed by atoms with Crippen LogP contribution in [-0.4, -0.2) is 47.8 Å². The van der Waals surface area contributed by atoms with Gasteiger partial charge in [0.05, 0.1) is 32.8 Å². The maximum Gasteiger partial charge on any atom is 0.0969 e. The van der Waals surface area contributed by atoms with E-state index >= 15 is 0 Å². The molecule has 0 heterocycles. The summed E-state index contributed by atoms with van der Waals surface area (Å²) >= 11 is 6.61. The van der Waals surface area contributed by atoms with E-state index in [0.29, 0.717) is 0 Å². The smallest absolute Gasteiger partial charge is 0.0969 e. The highest BCUT2D eigenvalue weighted by molar-refractivity contribution is 6.20. The summed E-state index contributed by atoms with van der Waals surface area (Å²) < 4.78 is 0.941. The Labute approximate surface area is 188 Å². The first-order valence-corrected chi connectivity index (χ1v) is 13.1. The van der Waals surface area contributed by atoms with Crippen molar-refractivity contribution >= 4 is 11.6 Å². The first-order valence-electron chi connectivity index (χ1n) is 12.7. The van der Waals surface area contributed by atoms with Gasteiger partial charge in [-0.2, -0.15) is 0 Å². The Hall–Kier alpha value is -0.0500. The zero-order valence-corrected chi connectivity index (χ0v) is 20.9. The number of unbranched alkanes of at least 4 members (excludes halogenated alkanes) is 12. The highest BCUT2D eigenvalue weighted by atomic mass is 35.5. The van der Waals surface area contributed by atoms with Gasteiger partial charge < -0.3 is 9.59 Å². The van der Waals surface area contributed by atoms with Crippen LogP contribution in [0.25, 0.3) is 0 Å². The number of rotatable bonds is 22. The van der Waals surface area contributed by atoms with Gasteiger partial charge in [0, 0.05) is 18.2 Å². The van der Waals surface area contributed by atoms with E-state index in [4.69, 9.17) is 11.6 Å². The third-order valence-corrected chi connectivity index (χ3v) is 6.70. The van der Waals surface area contributed by atoms with Crippen LogP contribution >= 0.6 is 11.6 Å². The minimum Gasteiger partial charge on any atom is -0.393 e. The van der Waals surface area contributed by atoms with Crippen molar-refractivity contribution in [2.75, 3.05) is 26.7 Å². The van der Waals surface area contributed by atoms with Gasteiger partial charge in [0.15, 0.2) is 0 Å². The van der Waals surface area contributed by atoms with Crippen LogP contribution in [0.1, 0.15) is 117 Å². The van der Waals surface area contributed by atoms with Crippen LogP contribution in [0.4, 0.5) is 0 Å². The third kappa shape index (κ3) is 19.6. The summed E-state index contributed by atoms with van der Waals surface area (Å²) in [5.41, 5.74) is 0. The lowest BCUT2D eigenvalue weighted by Gasteiger charge is -2.34. The Kier molecular flexibility index (Phi) is 19.9. The summed E-state index contributed by atoms with van der Waals surface area (Å²) in [6, 6.07) is 0. The summed E-state index contributed by atoms with van der Waals surface area (Å²) in [6.07, 6.45) is 23.0. The normalized spacial score (nSPS) is 15.8. The maximum atomic E-state index is 9.59. The summed E-state index contributed by atoms with van der Waals surface area (Å²) in [5.74, 6) is 0. The molecule has 174 valence electrons. The van der Waals surface area contributed by atoms with Gasteiger partial charge in [-0.1, -0.05) is 97.0 Å². The second kappa shape index (κ2) is 19.9. The Morgan fingerprint density at radius 1 is 0.793 bits per heavy atom. The van der Waals surface area contributed by atoms with E-state index in [1.165, 1.54) is 83.5 Å². The van der Waals surface area contributed by atoms with Gasteiger partial charge >= 0.3 is 0 Å². The standard InChI is InChI=1S/C26H53ClNO/c1-5-7-8-9-10-11-12-13-14-15-16-17-18-19-26(27)21-24-28(4,22-6-2)23-20-25(3)29/h6,25-26,29H,2,5,7-24H2,1,3-4H3/q+1. The minimum atomic E-state index is -0.227. The average molecular weight is 431 g/mol. The second-order valence-corrected chi connectivity index (χ2v) is 10.2. The van der Waals surface area contributed by atoms with Gasteiger partial charge in [0.2, 0.25) is 0 Å². The number of aliphatic hydroxyl groups is 1. The predicted octanol–water partition coefficient (Wildman–Crippen LogP) is 7.87. The Balaban J connectivity index is 3.59. The van der Waals surface area contributed by atoms with Crippen molar-refractivity contribution in [3.8, 4) is 0 Å². The van der Waals surface area contributed by atoms with Crippen molar-refractivity contribution in [3.63, 3.8) is 0 Å². The van der Waals surface area contributed by atoms with Gasteiger partial charge in [-0.15, -0.1) is 11.6 Å². The number of nitrogens with zero attached hydrogens (tertiary/aromatic N) is 1. The van der Waals surface area contributed by atoms with Gasteiger partial charge in [0.1, 0.15) is 0 Å². The molecular weight excluding hydrogens is 378 g/mol. The van der Waals surface area contributed by atoms with Crippen molar-refractivity contribution in [2.45, 2.75) is 128 Å². The lowest BCUT2D eigenvalue weighted by Crippen LogP contribution is -2.47. The molecule has 1 N–H and O–H groups in total. The number of alkyl halides is 1. The van der Waals surface area contributed by atoms with Crippen LogP contribution in [0.3, 0.4) is 0 Å². The average Bonchev–Trinajstić information content (AvgIpc) is 2.69. The molecule has 0 saturated carbocycles. The van der Waals surface area contributed by atoms with E-state index in [2.05, 4.69) is 20.6 Å². The molecule has 0 aromatic heterocycles. The molecule has 0 fully saturated rings. The fourth-order valence-electron chi connectivity index (χ4n) is 4.08. The molecule has 0 saturated heterocycles. The first kappa shape index (κ1) is 28.9. The van der Waals surface area contributed by atoms with Crippen LogP contribution in [0.2, 0.25) is 0 Å². The Morgan fingerprint density at radius 3 is 1.69 bits per heavy atom. The highest BCUT2D eigenvalue weighted by Gasteiger charge is 2.22. The molecule has 29 heavy (non-hydrogen) atoms. The number of hydrogen-bond donors (Lipinski definition) is 1. The van der Waals surface area contributed by atoms with Gasteiger partial charge in [-0.3, -0.25) is 0 Å². The van der Waals surface area contributed by atoms with E-state index in [0.717, 1.165) is 43.4 Å². The summed E-state index contributed by atoms with van der Waals surface area (Å²) in [7, 11) is 2.26. The summed E-state index contributed by atoms with van der Waals surface area (Å²) in [4.78, 5) is 0. The zero-order valence-electron chi connectivity index (χ0n) is 20.1. The predicted molar refractivity (Wildman–Crippen MR) is 132 cm³/mol. The van der Waals surface area contributed by atoms with Gasteiger partial charge in [-0.05, 0) is 19.4 Å².